The van der Waals surface area contributed by atoms with Crippen LogP contribution in [0.1, 0.15) is 49.3 Å². The summed E-state index contributed by atoms with van der Waals surface area (Å²) in [5.74, 6) is -9.81. The summed E-state index contributed by atoms with van der Waals surface area (Å²) in [5, 5.41) is 10.0. The molecule has 222 valence electrons. The van der Waals surface area contributed by atoms with Crippen molar-refractivity contribution >= 4 is 35.1 Å². The fourth-order valence-electron chi connectivity index (χ4n) is 5.29. The lowest BCUT2D eigenvalue weighted by atomic mass is 9.91. The summed E-state index contributed by atoms with van der Waals surface area (Å²) in [6, 6.07) is 3.69. The molecule has 1 unspecified atom stereocenters. The fraction of sp³-hybridized carbons (Fsp3) is 0.414. The molecule has 5 rings (SSSR count). The summed E-state index contributed by atoms with van der Waals surface area (Å²) in [7, 11) is 0. The first kappa shape index (κ1) is 29.1. The summed E-state index contributed by atoms with van der Waals surface area (Å²) in [6.45, 7) is 0.910. The first-order valence-electron chi connectivity index (χ1n) is 13.6. The van der Waals surface area contributed by atoms with Gasteiger partial charge in [-0.15, -0.1) is 0 Å². The van der Waals surface area contributed by atoms with Gasteiger partial charge in [0.1, 0.15) is 18.5 Å². The minimum absolute atomic E-state index is 0.0574. The number of ketones is 1. The van der Waals surface area contributed by atoms with Crippen LogP contribution in [0.25, 0.3) is 0 Å². The van der Waals surface area contributed by atoms with E-state index in [1.807, 2.05) is 0 Å². The zero-order valence-electron chi connectivity index (χ0n) is 22.6. The normalized spacial score (nSPS) is 22.2. The highest BCUT2D eigenvalue weighted by molar-refractivity contribution is 6.40. The molecular formula is C29H29F3N4O6. The van der Waals surface area contributed by atoms with E-state index in [1.165, 1.54) is 0 Å². The van der Waals surface area contributed by atoms with Gasteiger partial charge in [-0.3, -0.25) is 24.0 Å². The van der Waals surface area contributed by atoms with Gasteiger partial charge in [-0.05, 0) is 43.7 Å². The molecule has 0 radical (unpaired) electrons. The molecule has 2 bridgehead atoms. The van der Waals surface area contributed by atoms with E-state index >= 15 is 0 Å². The molecule has 1 aliphatic carbocycles. The van der Waals surface area contributed by atoms with Gasteiger partial charge in [0.25, 0.3) is 0 Å². The minimum Gasteiger partial charge on any atom is -0.482 e. The second-order valence-electron chi connectivity index (χ2n) is 10.9. The molecule has 4 amide bonds. The molecule has 10 nitrogen and oxygen atoms in total. The summed E-state index contributed by atoms with van der Waals surface area (Å²) < 4.78 is 48.5. The first-order valence-corrected chi connectivity index (χ1v) is 13.6. The predicted octanol–water partition coefficient (Wildman–Crippen LogP) is 2.35. The van der Waals surface area contributed by atoms with Gasteiger partial charge in [-0.2, -0.15) is 4.39 Å². The highest BCUT2D eigenvalue weighted by Gasteiger charge is 2.42. The molecule has 3 aliphatic rings. The van der Waals surface area contributed by atoms with Crippen LogP contribution in [0.4, 0.5) is 18.9 Å². The Kier molecular flexibility index (Phi) is 8.19. The number of benzene rings is 2. The van der Waals surface area contributed by atoms with Crippen LogP contribution in [-0.2, 0) is 24.0 Å². The number of anilines is 1. The van der Waals surface area contributed by atoms with Crippen molar-refractivity contribution in [3.63, 3.8) is 0 Å². The average molecular weight is 587 g/mol. The van der Waals surface area contributed by atoms with E-state index in [0.29, 0.717) is 11.8 Å². The molecule has 0 spiro atoms. The van der Waals surface area contributed by atoms with E-state index in [0.717, 1.165) is 18.4 Å². The number of rotatable bonds is 6. The van der Waals surface area contributed by atoms with Crippen molar-refractivity contribution in [2.45, 2.75) is 57.2 Å². The Morgan fingerprint density at radius 2 is 1.79 bits per heavy atom. The number of hydrogen-bond donors (Lipinski definition) is 4. The number of carbonyl (C=O) groups excluding carboxylic acids is 5. The van der Waals surface area contributed by atoms with Gasteiger partial charge in [0.15, 0.2) is 17.3 Å². The van der Waals surface area contributed by atoms with E-state index in [2.05, 4.69) is 21.3 Å². The number of ether oxygens (including phenoxy) is 1. The molecule has 1 saturated carbocycles. The minimum atomic E-state index is -1.52. The molecule has 4 atom stereocenters. The second kappa shape index (κ2) is 11.8. The number of Topliss-reactive ketones (excluding diaryl/α,β-unsaturated/α-hetero) is 1. The van der Waals surface area contributed by atoms with Crippen molar-refractivity contribution in [2.24, 2.45) is 11.8 Å². The van der Waals surface area contributed by atoms with Crippen molar-refractivity contribution in [3.8, 4) is 5.75 Å². The summed E-state index contributed by atoms with van der Waals surface area (Å²) in [4.78, 5) is 64.5. The average Bonchev–Trinajstić information content (AvgIpc) is 3.70. The van der Waals surface area contributed by atoms with Gasteiger partial charge >= 0.3 is 11.8 Å². The van der Waals surface area contributed by atoms with Crippen LogP contribution in [0.3, 0.4) is 0 Å². The Labute approximate surface area is 238 Å². The van der Waals surface area contributed by atoms with Gasteiger partial charge in [0.05, 0.1) is 17.6 Å². The topological polar surface area (TPSA) is 143 Å². The van der Waals surface area contributed by atoms with Crippen LogP contribution in [0.5, 0.6) is 5.75 Å². The lowest BCUT2D eigenvalue weighted by Crippen LogP contribution is -2.54. The Balaban J connectivity index is 1.32. The lowest BCUT2D eigenvalue weighted by Gasteiger charge is -2.25. The first-order chi connectivity index (χ1) is 20.0. The van der Waals surface area contributed by atoms with Crippen LogP contribution in [0.2, 0.25) is 0 Å². The Morgan fingerprint density at radius 3 is 2.50 bits per heavy atom. The molecule has 2 aromatic rings. The molecule has 4 N–H and O–H groups in total. The number of carbonyl (C=O) groups is 5. The molecular weight excluding hydrogens is 557 g/mol. The van der Waals surface area contributed by atoms with Crippen LogP contribution >= 0.6 is 0 Å². The van der Waals surface area contributed by atoms with Gasteiger partial charge in [0.2, 0.25) is 17.6 Å². The third-order valence-corrected chi connectivity index (χ3v) is 7.79. The van der Waals surface area contributed by atoms with E-state index in [4.69, 9.17) is 4.74 Å². The molecule has 2 aromatic carbocycles. The molecule has 2 fully saturated rings. The molecule has 13 heteroatoms. The predicted molar refractivity (Wildman–Crippen MR) is 141 cm³/mol. The van der Waals surface area contributed by atoms with E-state index < -0.39 is 88.8 Å². The number of aryl methyl sites for hydroxylation is 1. The van der Waals surface area contributed by atoms with Crippen LogP contribution in [0.15, 0.2) is 30.3 Å². The molecule has 0 aromatic heterocycles. The monoisotopic (exact) mass is 586 g/mol. The van der Waals surface area contributed by atoms with Gasteiger partial charge in [-0.25, -0.2) is 8.78 Å². The van der Waals surface area contributed by atoms with Crippen molar-refractivity contribution in [3.05, 3.63) is 58.9 Å². The molecule has 42 heavy (non-hydrogen) atoms. The lowest BCUT2D eigenvalue weighted by molar-refractivity contribution is -0.138. The Bertz CT molecular complexity index is 1460. The summed E-state index contributed by atoms with van der Waals surface area (Å²) in [6.07, 6.45) is 1.64. The zero-order chi connectivity index (χ0) is 30.1. The van der Waals surface area contributed by atoms with Crippen molar-refractivity contribution in [2.75, 3.05) is 11.9 Å². The number of hydrogen-bond acceptors (Lipinski definition) is 6. The smallest absolute Gasteiger partial charge is 0.313 e. The van der Waals surface area contributed by atoms with Crippen molar-refractivity contribution in [1.82, 2.24) is 16.0 Å². The van der Waals surface area contributed by atoms with Gasteiger partial charge < -0.3 is 26.0 Å². The standard InChI is InChI=1S/C29H29F3N4O6/c1-13-4-2-3-5-18(13)33-28(40)29(41)36-21(8-14-6-7-14)27(39)34-19-9-15-10-20(35-26(15)38)23-16(30)11-17(31)24(32)25(23)42-12-22(19)37/h2-5,11,14-15,19-21H,6-10,12H2,1H3,(H,33,40)(H,34,39)(H,35,38)(H,36,41)/t15-,19+,20?,21+/m1/s1. The van der Waals surface area contributed by atoms with E-state index in [9.17, 15) is 37.1 Å². The van der Waals surface area contributed by atoms with Gasteiger partial charge in [0, 0.05) is 17.7 Å². The third-order valence-electron chi connectivity index (χ3n) is 7.79. The van der Waals surface area contributed by atoms with Crippen molar-refractivity contribution < 1.29 is 41.9 Å². The number of nitrogens with one attached hydrogen (secondary N) is 4. The third kappa shape index (κ3) is 6.24. The van der Waals surface area contributed by atoms with Crippen molar-refractivity contribution in [1.29, 1.82) is 0 Å². The number of para-hydroxylation sites is 1. The quantitative estimate of drug-likeness (QED) is 0.303. The fourth-order valence-corrected chi connectivity index (χ4v) is 5.29. The highest BCUT2D eigenvalue weighted by atomic mass is 19.2. The largest absolute Gasteiger partial charge is 0.482 e. The maximum atomic E-state index is 14.6. The maximum absolute atomic E-state index is 14.6. The molecule has 2 heterocycles. The Morgan fingerprint density at radius 1 is 1.05 bits per heavy atom. The van der Waals surface area contributed by atoms with E-state index in [-0.39, 0.29) is 25.2 Å². The molecule has 1 saturated heterocycles. The highest BCUT2D eigenvalue weighted by Crippen LogP contribution is 2.40. The summed E-state index contributed by atoms with van der Waals surface area (Å²) >= 11 is 0. The van der Waals surface area contributed by atoms with Crippen LogP contribution < -0.4 is 26.0 Å². The van der Waals surface area contributed by atoms with E-state index in [1.54, 1.807) is 31.2 Å². The van der Waals surface area contributed by atoms with Crippen LogP contribution in [0, 0.1) is 36.2 Å². The maximum Gasteiger partial charge on any atom is 0.313 e. The number of fused-ring (bicyclic) bond motifs is 4. The van der Waals surface area contributed by atoms with Gasteiger partial charge in [-0.1, -0.05) is 31.0 Å². The number of halogens is 3. The SMILES string of the molecule is Cc1ccccc1NC(=O)C(=O)N[C@@H](CC1CC1)C(=O)N[C@H]1C[C@@H]2CC(NC2=O)c2c(F)cc(F)c(F)c2OCC1=O. The second-order valence-corrected chi connectivity index (χ2v) is 10.9. The Hall–Kier alpha value is -4.42. The zero-order valence-corrected chi connectivity index (χ0v) is 22.6. The van der Waals surface area contributed by atoms with Crippen LogP contribution in [-0.4, -0.2) is 48.1 Å². The molecule has 2 aliphatic heterocycles. The summed E-state index contributed by atoms with van der Waals surface area (Å²) in [5.41, 5.74) is 0.768. The number of amides is 4.